The minimum absolute atomic E-state index is 0.163. The molecule has 4 rings (SSSR count). The first kappa shape index (κ1) is 21.1. The van der Waals surface area contributed by atoms with E-state index >= 15 is 0 Å². The lowest BCUT2D eigenvalue weighted by atomic mass is 10.0. The second-order valence-electron chi connectivity index (χ2n) is 6.77. The highest BCUT2D eigenvalue weighted by atomic mass is 35.5. The molecule has 8 heteroatoms. The molecular weight excluding hydrogens is 434 g/mol. The number of fused-ring (bicyclic) bond motifs is 1. The maximum atomic E-state index is 11.5. The number of nitrogens with zero attached hydrogens (tertiary/aromatic N) is 2. The monoisotopic (exact) mass is 453 g/mol. The molecule has 2 N–H and O–H groups in total. The zero-order valence-corrected chi connectivity index (χ0v) is 18.3. The Kier molecular flexibility index (Phi) is 6.34. The van der Waals surface area contributed by atoms with Crippen LogP contribution in [0.5, 0.6) is 5.75 Å². The summed E-state index contributed by atoms with van der Waals surface area (Å²) < 4.78 is 5.44. The molecular formula is C23H20ClN3O3S. The highest BCUT2D eigenvalue weighted by Crippen LogP contribution is 2.36. The van der Waals surface area contributed by atoms with Gasteiger partial charge in [0.2, 0.25) is 0 Å². The Morgan fingerprint density at radius 3 is 2.84 bits per heavy atom. The van der Waals surface area contributed by atoms with Gasteiger partial charge in [-0.15, -0.1) is 11.3 Å². The lowest BCUT2D eigenvalue weighted by molar-refractivity contribution is 0.0698. The molecule has 4 aromatic rings. The minimum Gasteiger partial charge on any atom is -0.492 e. The van der Waals surface area contributed by atoms with E-state index in [-0.39, 0.29) is 4.88 Å². The van der Waals surface area contributed by atoms with Crippen LogP contribution in [0.3, 0.4) is 0 Å². The molecule has 0 saturated heterocycles. The first-order valence-electron chi connectivity index (χ1n) is 9.79. The molecule has 0 spiro atoms. The number of thiophene rings is 1. The quantitative estimate of drug-likeness (QED) is 0.352. The van der Waals surface area contributed by atoms with Crippen molar-refractivity contribution in [2.45, 2.75) is 13.3 Å². The highest BCUT2D eigenvalue weighted by molar-refractivity contribution is 7.17. The number of benzene rings is 2. The number of carboxylic acid groups (broad SMARTS) is 1. The van der Waals surface area contributed by atoms with E-state index in [9.17, 15) is 9.90 Å². The fraction of sp³-hybridized carbons (Fsp3) is 0.174. The van der Waals surface area contributed by atoms with Crippen molar-refractivity contribution < 1.29 is 14.6 Å². The second-order valence-corrected chi connectivity index (χ2v) is 8.20. The van der Waals surface area contributed by atoms with Crippen LogP contribution in [0.2, 0.25) is 5.02 Å². The predicted molar refractivity (Wildman–Crippen MR) is 125 cm³/mol. The Labute approximate surface area is 188 Å². The van der Waals surface area contributed by atoms with Crippen molar-refractivity contribution in [3.63, 3.8) is 0 Å². The largest absolute Gasteiger partial charge is 0.492 e. The summed E-state index contributed by atoms with van der Waals surface area (Å²) in [5.74, 6) is -0.00131. The Balaban J connectivity index is 1.48. The molecule has 0 bridgehead atoms. The predicted octanol–water partition coefficient (Wildman–Crippen LogP) is 5.76. The van der Waals surface area contributed by atoms with Crippen molar-refractivity contribution in [3.05, 3.63) is 70.3 Å². The lowest BCUT2D eigenvalue weighted by Gasteiger charge is -2.09. The number of ether oxygens (including phenoxy) is 1. The van der Waals surface area contributed by atoms with E-state index in [0.717, 1.165) is 39.1 Å². The first-order valence-corrected chi connectivity index (χ1v) is 11.0. The molecule has 2 aromatic carbocycles. The Morgan fingerprint density at radius 2 is 2.03 bits per heavy atom. The number of halogens is 1. The summed E-state index contributed by atoms with van der Waals surface area (Å²) in [5, 5.41) is 15.6. The van der Waals surface area contributed by atoms with Crippen LogP contribution in [0.4, 0.5) is 5.82 Å². The van der Waals surface area contributed by atoms with Crippen LogP contribution >= 0.6 is 22.9 Å². The molecule has 0 aliphatic heterocycles. The lowest BCUT2D eigenvalue weighted by Crippen LogP contribution is -2.07. The molecule has 158 valence electrons. The van der Waals surface area contributed by atoms with Crippen molar-refractivity contribution in [1.82, 2.24) is 9.97 Å². The van der Waals surface area contributed by atoms with Crippen molar-refractivity contribution in [2.24, 2.45) is 0 Å². The number of carboxylic acids is 1. The van der Waals surface area contributed by atoms with Crippen molar-refractivity contribution in [3.8, 4) is 16.3 Å². The van der Waals surface area contributed by atoms with Crippen LogP contribution in [0, 0.1) is 0 Å². The molecule has 0 aliphatic carbocycles. The first-order chi connectivity index (χ1) is 15.1. The van der Waals surface area contributed by atoms with Gasteiger partial charge < -0.3 is 15.2 Å². The van der Waals surface area contributed by atoms with Gasteiger partial charge in [0.15, 0.2) is 4.88 Å². The second kappa shape index (κ2) is 9.32. The van der Waals surface area contributed by atoms with Gasteiger partial charge in [0.1, 0.15) is 17.9 Å². The third-order valence-electron chi connectivity index (χ3n) is 4.76. The third kappa shape index (κ3) is 4.62. The maximum Gasteiger partial charge on any atom is 0.349 e. The number of hydrogen-bond donors (Lipinski definition) is 2. The number of anilines is 1. The molecule has 6 nitrogen and oxygen atoms in total. The van der Waals surface area contributed by atoms with Crippen LogP contribution < -0.4 is 10.1 Å². The molecule has 31 heavy (non-hydrogen) atoms. The fourth-order valence-corrected chi connectivity index (χ4v) is 4.54. The zero-order chi connectivity index (χ0) is 21.8. The number of rotatable bonds is 8. The van der Waals surface area contributed by atoms with Crippen LogP contribution in [-0.4, -0.2) is 34.2 Å². The van der Waals surface area contributed by atoms with E-state index in [1.165, 1.54) is 6.33 Å². The Hall–Kier alpha value is -3.16. The van der Waals surface area contributed by atoms with E-state index in [1.54, 1.807) is 12.1 Å². The van der Waals surface area contributed by atoms with E-state index in [0.29, 0.717) is 35.3 Å². The minimum atomic E-state index is -1.01. The van der Waals surface area contributed by atoms with Gasteiger partial charge in [-0.2, -0.15) is 0 Å². The molecule has 0 atom stereocenters. The van der Waals surface area contributed by atoms with Gasteiger partial charge in [0, 0.05) is 24.1 Å². The number of aromatic carboxylic acids is 1. The molecule has 0 radical (unpaired) electrons. The van der Waals surface area contributed by atoms with E-state index < -0.39 is 5.97 Å². The zero-order valence-electron chi connectivity index (χ0n) is 16.8. The van der Waals surface area contributed by atoms with E-state index in [2.05, 4.69) is 21.4 Å². The van der Waals surface area contributed by atoms with Gasteiger partial charge in [0.05, 0.1) is 22.2 Å². The normalized spacial score (nSPS) is 10.9. The summed E-state index contributed by atoms with van der Waals surface area (Å²) in [4.78, 5) is 20.9. The summed E-state index contributed by atoms with van der Waals surface area (Å²) in [6.07, 6.45) is 2.20. The highest BCUT2D eigenvalue weighted by Gasteiger charge is 2.18. The molecule has 0 fully saturated rings. The third-order valence-corrected chi connectivity index (χ3v) is 6.33. The fourth-order valence-electron chi connectivity index (χ4n) is 3.30. The molecule has 0 unspecified atom stereocenters. The standard InChI is InChI=1S/C23H20ClN3O3S/c1-2-30-18-12-19(31-22(18)23(28)29)17-11-20(27-13-26-17)25-10-9-15-8-7-14-5-3-4-6-16(14)21(15)24/h3-8,11-13H,2,9-10H2,1H3,(H,28,29)(H,25,26,27). The van der Waals surface area contributed by atoms with Crippen LogP contribution in [0.1, 0.15) is 22.2 Å². The van der Waals surface area contributed by atoms with Crippen LogP contribution in [0.15, 0.2) is 54.9 Å². The van der Waals surface area contributed by atoms with Crippen LogP contribution in [-0.2, 0) is 6.42 Å². The number of aromatic nitrogens is 2. The number of hydrogen-bond acceptors (Lipinski definition) is 6. The van der Waals surface area contributed by atoms with Crippen LogP contribution in [0.25, 0.3) is 21.3 Å². The Bertz CT molecular complexity index is 1240. The van der Waals surface area contributed by atoms with Crippen molar-refractivity contribution in [2.75, 3.05) is 18.5 Å². The topological polar surface area (TPSA) is 84.3 Å². The van der Waals surface area contributed by atoms with Crippen molar-refractivity contribution >= 4 is 45.5 Å². The van der Waals surface area contributed by atoms with E-state index in [4.69, 9.17) is 16.3 Å². The molecule has 2 aromatic heterocycles. The summed E-state index contributed by atoms with van der Waals surface area (Å²) in [7, 11) is 0. The SMILES string of the molecule is CCOc1cc(-c2cc(NCCc3ccc4ccccc4c3Cl)ncn2)sc1C(=O)O. The summed E-state index contributed by atoms with van der Waals surface area (Å²) in [6.45, 7) is 2.85. The average Bonchev–Trinajstić information content (AvgIpc) is 3.20. The van der Waals surface area contributed by atoms with Gasteiger partial charge in [-0.3, -0.25) is 0 Å². The van der Waals surface area contributed by atoms with Gasteiger partial charge >= 0.3 is 5.97 Å². The summed E-state index contributed by atoms with van der Waals surface area (Å²) in [6, 6.07) is 15.7. The Morgan fingerprint density at radius 1 is 1.19 bits per heavy atom. The van der Waals surface area contributed by atoms with Gasteiger partial charge in [-0.05, 0) is 24.3 Å². The van der Waals surface area contributed by atoms with Gasteiger partial charge in [-0.25, -0.2) is 14.8 Å². The molecule has 0 aliphatic rings. The maximum absolute atomic E-state index is 11.5. The van der Waals surface area contributed by atoms with Crippen molar-refractivity contribution in [1.29, 1.82) is 0 Å². The summed E-state index contributed by atoms with van der Waals surface area (Å²) >= 11 is 7.72. The molecule has 0 amide bonds. The molecule has 0 saturated carbocycles. The number of carbonyl (C=O) groups is 1. The summed E-state index contributed by atoms with van der Waals surface area (Å²) in [5.41, 5.74) is 1.70. The van der Waals surface area contributed by atoms with Gasteiger partial charge in [-0.1, -0.05) is 48.0 Å². The van der Waals surface area contributed by atoms with Gasteiger partial charge in [0.25, 0.3) is 0 Å². The molecule has 2 heterocycles. The van der Waals surface area contributed by atoms with E-state index in [1.807, 2.05) is 37.3 Å². The smallest absolute Gasteiger partial charge is 0.349 e. The number of nitrogens with one attached hydrogen (secondary N) is 1. The average molecular weight is 454 g/mol.